The molecule has 0 bridgehead atoms. The molecule has 3 aliphatic heterocycles. The highest BCUT2D eigenvalue weighted by Gasteiger charge is 2.26. The summed E-state index contributed by atoms with van der Waals surface area (Å²) in [4.78, 5) is 34.3. The Balaban J connectivity index is 0.00000386. The van der Waals surface area contributed by atoms with Crippen LogP contribution in [0.4, 0.5) is 16.0 Å². The first kappa shape index (κ1) is 33.0. The monoisotopic (exact) mass is 673 g/mol. The van der Waals surface area contributed by atoms with Crippen LogP contribution in [-0.2, 0) is 6.54 Å². The first-order valence-corrected chi connectivity index (χ1v) is 16.4. The number of carbonyl (C=O) groups is 1. The molecule has 1 amide bonds. The zero-order valence-corrected chi connectivity index (χ0v) is 26.9. The zero-order valence-electron chi connectivity index (χ0n) is 25.4. The van der Waals surface area contributed by atoms with Crippen molar-refractivity contribution in [3.8, 4) is 11.3 Å². The van der Waals surface area contributed by atoms with E-state index in [1.165, 1.54) is 32.0 Å². The van der Waals surface area contributed by atoms with Crippen LogP contribution >= 0.6 is 23.2 Å². The number of amides is 1. The lowest BCUT2D eigenvalue weighted by atomic mass is 9.95. The summed E-state index contributed by atoms with van der Waals surface area (Å²) >= 11 is 13.1. The van der Waals surface area contributed by atoms with E-state index in [0.717, 1.165) is 37.3 Å². The molecule has 11 heteroatoms. The second-order valence-corrected chi connectivity index (χ2v) is 12.7. The van der Waals surface area contributed by atoms with Crippen molar-refractivity contribution in [2.75, 3.05) is 57.7 Å². The summed E-state index contributed by atoms with van der Waals surface area (Å²) in [6.45, 7) is 7.95. The van der Waals surface area contributed by atoms with Crippen LogP contribution < -0.4 is 5.32 Å². The molecule has 0 unspecified atom stereocenters. The van der Waals surface area contributed by atoms with Crippen LogP contribution in [0.2, 0.25) is 10.0 Å². The van der Waals surface area contributed by atoms with Gasteiger partial charge in [0.2, 0.25) is 5.95 Å². The molecule has 4 heterocycles. The Hall–Kier alpha value is -3.89. The third-order valence-electron chi connectivity index (χ3n) is 8.94. The summed E-state index contributed by atoms with van der Waals surface area (Å²) in [5, 5.41) is 4.11. The highest BCUT2D eigenvalue weighted by molar-refractivity contribution is 6.34. The van der Waals surface area contributed by atoms with Gasteiger partial charge in [0.05, 0.1) is 28.5 Å². The normalized spacial score (nSPS) is 16.5. The highest BCUT2D eigenvalue weighted by Crippen LogP contribution is 2.34. The number of anilines is 2. The number of aromatic nitrogens is 2. The van der Waals surface area contributed by atoms with E-state index in [4.69, 9.17) is 33.2 Å². The quantitative estimate of drug-likeness (QED) is 0.224. The Labute approximate surface area is 285 Å². The van der Waals surface area contributed by atoms with Crippen molar-refractivity contribution in [3.63, 3.8) is 0 Å². The van der Waals surface area contributed by atoms with Crippen molar-refractivity contribution in [2.45, 2.75) is 26.8 Å². The molecule has 0 saturated carbocycles. The van der Waals surface area contributed by atoms with Gasteiger partial charge in [-0.25, -0.2) is 14.4 Å². The van der Waals surface area contributed by atoms with Gasteiger partial charge in [0.25, 0.3) is 5.91 Å². The van der Waals surface area contributed by atoms with E-state index < -0.39 is 0 Å². The van der Waals surface area contributed by atoms with Crippen LogP contribution in [0.25, 0.3) is 11.3 Å². The fourth-order valence-electron chi connectivity index (χ4n) is 6.40. The second-order valence-electron chi connectivity index (χ2n) is 11.9. The number of benzene rings is 3. The molecular weight excluding hydrogens is 636 g/mol. The van der Waals surface area contributed by atoms with Gasteiger partial charge in [-0.05, 0) is 68.4 Å². The minimum Gasteiger partial charge on any atom is -0.336 e. The van der Waals surface area contributed by atoms with Crippen LogP contribution in [0.3, 0.4) is 0 Å². The summed E-state index contributed by atoms with van der Waals surface area (Å²) in [5.41, 5.74) is 4.99. The van der Waals surface area contributed by atoms with Gasteiger partial charge in [0.1, 0.15) is 5.82 Å². The number of nitrogens with one attached hydrogen (secondary N) is 1. The fourth-order valence-corrected chi connectivity index (χ4v) is 6.83. The molecule has 0 radical (unpaired) electrons. The van der Waals surface area contributed by atoms with Gasteiger partial charge in [-0.2, -0.15) is 0 Å². The summed E-state index contributed by atoms with van der Waals surface area (Å²) in [5.74, 6) is -0.0623. The standard InChI is InChI=1S/C35H34Cl2FN7O.CH4/c36-24-7-9-26-29(19-24)33(28-5-1-2-6-31(28)38)39-21-23-22-40-35(42-32(23)26)41-25-8-10-27(30(37)20-25)34(46)45-17-15-44(16-18-45)14-13-43-11-3-4-12-43;/h1-2,5-10,19-20,22H,3-4,11-18,21H2,(H,40,41,42);1H4. The number of halogens is 3. The lowest BCUT2D eigenvalue weighted by Crippen LogP contribution is -2.50. The number of fused-ring (bicyclic) bond motifs is 3. The Kier molecular flexibility index (Phi) is 10.2. The lowest BCUT2D eigenvalue weighted by Gasteiger charge is -2.35. The van der Waals surface area contributed by atoms with Crippen molar-refractivity contribution in [2.24, 2.45) is 4.99 Å². The van der Waals surface area contributed by atoms with Crippen LogP contribution in [0, 0.1) is 5.82 Å². The summed E-state index contributed by atoms with van der Waals surface area (Å²) in [6.07, 6.45) is 4.33. The number of hydrogen-bond acceptors (Lipinski definition) is 7. The summed E-state index contributed by atoms with van der Waals surface area (Å²) in [7, 11) is 0. The molecule has 2 fully saturated rings. The van der Waals surface area contributed by atoms with Gasteiger partial charge in [-0.1, -0.05) is 48.8 Å². The van der Waals surface area contributed by atoms with Crippen molar-refractivity contribution in [1.29, 1.82) is 0 Å². The highest BCUT2D eigenvalue weighted by atomic mass is 35.5. The van der Waals surface area contributed by atoms with Crippen LogP contribution in [-0.4, -0.2) is 88.6 Å². The van der Waals surface area contributed by atoms with Gasteiger partial charge in [-0.3, -0.25) is 14.7 Å². The third-order valence-corrected chi connectivity index (χ3v) is 9.49. The molecule has 0 spiro atoms. The average Bonchev–Trinajstić information content (AvgIpc) is 3.54. The number of hydrogen-bond donors (Lipinski definition) is 1. The number of nitrogens with zero attached hydrogens (tertiary/aromatic N) is 6. The van der Waals surface area contributed by atoms with E-state index in [9.17, 15) is 9.18 Å². The fraction of sp³-hybridized carbons (Fsp3) is 0.333. The maximum atomic E-state index is 14.9. The van der Waals surface area contributed by atoms with E-state index >= 15 is 0 Å². The molecule has 244 valence electrons. The van der Waals surface area contributed by atoms with Gasteiger partial charge in [0, 0.05) is 78.4 Å². The zero-order chi connectivity index (χ0) is 31.6. The first-order valence-electron chi connectivity index (χ1n) is 15.7. The number of piperazine rings is 1. The van der Waals surface area contributed by atoms with Crippen molar-refractivity contribution >= 4 is 46.5 Å². The van der Waals surface area contributed by atoms with Crippen LogP contribution in [0.1, 0.15) is 47.3 Å². The van der Waals surface area contributed by atoms with E-state index in [1.54, 1.807) is 48.7 Å². The smallest absolute Gasteiger partial charge is 0.255 e. The van der Waals surface area contributed by atoms with Crippen molar-refractivity contribution in [3.05, 3.63) is 105 Å². The molecule has 4 aromatic rings. The van der Waals surface area contributed by atoms with Crippen molar-refractivity contribution < 1.29 is 9.18 Å². The van der Waals surface area contributed by atoms with Crippen molar-refractivity contribution in [1.82, 2.24) is 24.7 Å². The predicted molar refractivity (Wildman–Crippen MR) is 188 cm³/mol. The van der Waals surface area contributed by atoms with Gasteiger partial charge in [-0.15, -0.1) is 0 Å². The van der Waals surface area contributed by atoms with E-state index in [2.05, 4.69) is 20.1 Å². The molecular formula is C36H38Cl2FN7O. The molecule has 0 aliphatic carbocycles. The molecule has 3 aliphatic rings. The Morgan fingerprint density at radius 3 is 2.34 bits per heavy atom. The largest absolute Gasteiger partial charge is 0.336 e. The maximum absolute atomic E-state index is 14.9. The SMILES string of the molecule is C.O=C(c1ccc(Nc2ncc3c(n2)-c2ccc(Cl)cc2C(c2ccccc2F)=NC3)cc1Cl)N1CCN(CCN2CCCC2)CC1. The molecule has 7 rings (SSSR count). The minimum atomic E-state index is -0.361. The molecule has 8 nitrogen and oxygen atoms in total. The number of rotatable bonds is 7. The van der Waals surface area contributed by atoms with E-state index in [1.807, 2.05) is 17.0 Å². The summed E-state index contributed by atoms with van der Waals surface area (Å²) in [6, 6.07) is 17.3. The second kappa shape index (κ2) is 14.5. The van der Waals surface area contributed by atoms with E-state index in [0.29, 0.717) is 62.9 Å². The lowest BCUT2D eigenvalue weighted by molar-refractivity contribution is 0.0627. The Morgan fingerprint density at radius 2 is 1.60 bits per heavy atom. The number of aliphatic imine (C=N–C) groups is 1. The molecule has 1 aromatic heterocycles. The maximum Gasteiger partial charge on any atom is 0.255 e. The first-order chi connectivity index (χ1) is 22.4. The Bertz CT molecular complexity index is 1800. The van der Waals surface area contributed by atoms with Crippen LogP contribution in [0.15, 0.2) is 71.9 Å². The Morgan fingerprint density at radius 1 is 0.851 bits per heavy atom. The molecule has 0 atom stereocenters. The van der Waals surface area contributed by atoms with Gasteiger partial charge >= 0.3 is 0 Å². The third kappa shape index (κ3) is 7.18. The molecule has 2 saturated heterocycles. The van der Waals surface area contributed by atoms with Gasteiger partial charge in [0.15, 0.2) is 0 Å². The van der Waals surface area contributed by atoms with E-state index in [-0.39, 0.29) is 25.7 Å². The minimum absolute atomic E-state index is 0. The predicted octanol–water partition coefficient (Wildman–Crippen LogP) is 7.17. The number of carbonyl (C=O) groups excluding carboxylic acids is 1. The summed E-state index contributed by atoms with van der Waals surface area (Å²) < 4.78 is 14.9. The molecule has 3 aromatic carbocycles. The number of likely N-dealkylation sites (tertiary alicyclic amines) is 1. The molecule has 1 N–H and O–H groups in total. The van der Waals surface area contributed by atoms with Crippen LogP contribution in [0.5, 0.6) is 0 Å². The van der Waals surface area contributed by atoms with Gasteiger partial charge < -0.3 is 15.1 Å². The molecule has 47 heavy (non-hydrogen) atoms. The average molecular weight is 675 g/mol. The topological polar surface area (TPSA) is 77.0 Å².